The Labute approximate surface area is 114 Å². The second-order valence-electron chi connectivity index (χ2n) is 6.70. The quantitative estimate of drug-likeness (QED) is 0.731. The summed E-state index contributed by atoms with van der Waals surface area (Å²) in [5.74, 6) is -0.485. The molecule has 0 aromatic rings. The molecule has 0 aromatic carbocycles. The lowest BCUT2D eigenvalue weighted by molar-refractivity contribution is -0.132. The van der Waals surface area contributed by atoms with E-state index in [-0.39, 0.29) is 23.9 Å². The third kappa shape index (κ3) is 2.56. The molecule has 1 fully saturated rings. The van der Waals surface area contributed by atoms with Gasteiger partial charge in [0.1, 0.15) is 0 Å². The standard InChI is InChI=1S/C15H24O4/c1-14-7-5-10(13(17)18)3-4-11(14)12(6-8-14)15(2,19)9-16/h5,11-12,16,19H,3-4,6-9H2,1-2H3,(H,17,18)/t11-,12-,14-,15?/m1/s1. The van der Waals surface area contributed by atoms with Gasteiger partial charge in [-0.25, -0.2) is 4.79 Å². The topological polar surface area (TPSA) is 77.8 Å². The normalized spacial score (nSPS) is 38.0. The summed E-state index contributed by atoms with van der Waals surface area (Å²) in [5.41, 5.74) is -0.505. The smallest absolute Gasteiger partial charge is 0.331 e. The van der Waals surface area contributed by atoms with Gasteiger partial charge in [-0.2, -0.15) is 0 Å². The number of hydrogen-bond acceptors (Lipinski definition) is 3. The monoisotopic (exact) mass is 268 g/mol. The second kappa shape index (κ2) is 4.91. The van der Waals surface area contributed by atoms with Crippen molar-refractivity contribution >= 4 is 5.97 Å². The van der Waals surface area contributed by atoms with Crippen LogP contribution in [0.25, 0.3) is 0 Å². The van der Waals surface area contributed by atoms with Gasteiger partial charge in [-0.05, 0) is 56.3 Å². The van der Waals surface area contributed by atoms with Gasteiger partial charge in [0.25, 0.3) is 0 Å². The highest BCUT2D eigenvalue weighted by Crippen LogP contribution is 2.55. The summed E-state index contributed by atoms with van der Waals surface area (Å²) in [6.45, 7) is 3.65. The van der Waals surface area contributed by atoms with E-state index in [0.29, 0.717) is 12.0 Å². The minimum Gasteiger partial charge on any atom is -0.478 e. The van der Waals surface area contributed by atoms with Gasteiger partial charge in [-0.1, -0.05) is 13.0 Å². The van der Waals surface area contributed by atoms with Gasteiger partial charge in [0.2, 0.25) is 0 Å². The number of aliphatic hydroxyl groups excluding tert-OH is 1. The molecule has 0 saturated heterocycles. The molecule has 4 heteroatoms. The molecule has 0 amide bonds. The van der Waals surface area contributed by atoms with Crippen LogP contribution in [0.15, 0.2) is 11.6 Å². The Hall–Kier alpha value is -0.870. The van der Waals surface area contributed by atoms with Gasteiger partial charge in [0, 0.05) is 5.57 Å². The third-order valence-corrected chi connectivity index (χ3v) is 5.34. The van der Waals surface area contributed by atoms with Gasteiger partial charge < -0.3 is 15.3 Å². The summed E-state index contributed by atoms with van der Waals surface area (Å²) in [4.78, 5) is 11.1. The zero-order valence-electron chi connectivity index (χ0n) is 11.7. The minimum atomic E-state index is -1.06. The highest BCUT2D eigenvalue weighted by Gasteiger charge is 2.51. The molecule has 0 heterocycles. The van der Waals surface area contributed by atoms with Crippen LogP contribution in [0.5, 0.6) is 0 Å². The fourth-order valence-electron chi connectivity index (χ4n) is 3.99. The lowest BCUT2D eigenvalue weighted by atomic mass is 9.70. The van der Waals surface area contributed by atoms with E-state index in [0.717, 1.165) is 25.7 Å². The van der Waals surface area contributed by atoms with E-state index in [2.05, 4.69) is 6.92 Å². The van der Waals surface area contributed by atoms with Crippen molar-refractivity contribution < 1.29 is 20.1 Å². The molecule has 0 radical (unpaired) electrons. The Morgan fingerprint density at radius 1 is 1.53 bits per heavy atom. The first kappa shape index (κ1) is 14.5. The fraction of sp³-hybridized carbons (Fsp3) is 0.800. The molecule has 0 aromatic heterocycles. The zero-order chi connectivity index (χ0) is 14.3. The largest absolute Gasteiger partial charge is 0.478 e. The maximum atomic E-state index is 11.1. The van der Waals surface area contributed by atoms with Gasteiger partial charge >= 0.3 is 5.97 Å². The van der Waals surface area contributed by atoms with Gasteiger partial charge in [-0.15, -0.1) is 0 Å². The molecule has 0 aliphatic heterocycles. The first-order valence-corrected chi connectivity index (χ1v) is 7.06. The molecule has 4 atom stereocenters. The Kier molecular flexibility index (Phi) is 3.76. The summed E-state index contributed by atoms with van der Waals surface area (Å²) in [6, 6.07) is 0. The Bertz CT molecular complexity index is 399. The Morgan fingerprint density at radius 2 is 2.21 bits per heavy atom. The second-order valence-corrected chi connectivity index (χ2v) is 6.70. The Morgan fingerprint density at radius 3 is 2.79 bits per heavy atom. The number of hydrogen-bond donors (Lipinski definition) is 3. The number of fused-ring (bicyclic) bond motifs is 1. The van der Waals surface area contributed by atoms with E-state index >= 15 is 0 Å². The van der Waals surface area contributed by atoms with Gasteiger partial charge in [-0.3, -0.25) is 0 Å². The van der Waals surface area contributed by atoms with Crippen LogP contribution < -0.4 is 0 Å². The molecule has 3 N–H and O–H groups in total. The van der Waals surface area contributed by atoms with Crippen LogP contribution in [0.4, 0.5) is 0 Å². The van der Waals surface area contributed by atoms with Crippen LogP contribution in [0.3, 0.4) is 0 Å². The summed E-state index contributed by atoms with van der Waals surface area (Å²) in [6.07, 6.45) is 5.87. The lowest BCUT2D eigenvalue weighted by Crippen LogP contribution is -2.42. The highest BCUT2D eigenvalue weighted by molar-refractivity contribution is 5.86. The van der Waals surface area contributed by atoms with E-state index in [4.69, 9.17) is 5.11 Å². The molecule has 2 rings (SSSR count). The van der Waals surface area contributed by atoms with Crippen molar-refractivity contribution in [2.45, 2.75) is 51.6 Å². The van der Waals surface area contributed by atoms with Crippen LogP contribution in [0.2, 0.25) is 0 Å². The predicted octanol–water partition coefficient (Wildman–Crippen LogP) is 1.96. The van der Waals surface area contributed by atoms with Crippen molar-refractivity contribution in [3.8, 4) is 0 Å². The maximum Gasteiger partial charge on any atom is 0.331 e. The average Bonchev–Trinajstić information content (AvgIpc) is 2.58. The molecule has 108 valence electrons. The number of allylic oxidation sites excluding steroid dienone is 1. The first-order valence-electron chi connectivity index (χ1n) is 7.06. The van der Waals surface area contributed by atoms with Gasteiger partial charge in [0.05, 0.1) is 12.2 Å². The Balaban J connectivity index is 2.22. The molecule has 4 nitrogen and oxygen atoms in total. The highest BCUT2D eigenvalue weighted by atomic mass is 16.4. The van der Waals surface area contributed by atoms with E-state index in [1.165, 1.54) is 0 Å². The van der Waals surface area contributed by atoms with E-state index < -0.39 is 11.6 Å². The van der Waals surface area contributed by atoms with Crippen molar-refractivity contribution in [3.05, 3.63) is 11.6 Å². The predicted molar refractivity (Wildman–Crippen MR) is 71.6 cm³/mol. The number of carbonyl (C=O) groups is 1. The average molecular weight is 268 g/mol. The van der Waals surface area contributed by atoms with Crippen LogP contribution in [-0.2, 0) is 4.79 Å². The lowest BCUT2D eigenvalue weighted by Gasteiger charge is -2.38. The van der Waals surface area contributed by atoms with Crippen molar-refractivity contribution in [1.82, 2.24) is 0 Å². The van der Waals surface area contributed by atoms with E-state index in [1.807, 2.05) is 6.08 Å². The van der Waals surface area contributed by atoms with E-state index in [9.17, 15) is 15.0 Å². The fourth-order valence-corrected chi connectivity index (χ4v) is 3.99. The van der Waals surface area contributed by atoms with Gasteiger partial charge in [0.15, 0.2) is 0 Å². The number of carboxylic acids is 1. The number of rotatable bonds is 3. The third-order valence-electron chi connectivity index (χ3n) is 5.34. The molecule has 19 heavy (non-hydrogen) atoms. The zero-order valence-corrected chi connectivity index (χ0v) is 11.7. The molecule has 1 unspecified atom stereocenters. The van der Waals surface area contributed by atoms with E-state index in [1.54, 1.807) is 6.92 Å². The molecule has 0 bridgehead atoms. The van der Waals surface area contributed by atoms with Crippen LogP contribution in [0, 0.1) is 17.3 Å². The summed E-state index contributed by atoms with van der Waals surface area (Å²) >= 11 is 0. The molecular weight excluding hydrogens is 244 g/mol. The maximum absolute atomic E-state index is 11.1. The first-order chi connectivity index (χ1) is 8.80. The SMILES string of the molecule is CC(O)(CO)[C@@H]1CC[C@@]2(C)CC=C(C(=O)O)CC[C@H]12. The van der Waals surface area contributed by atoms with Crippen molar-refractivity contribution in [2.24, 2.45) is 17.3 Å². The van der Waals surface area contributed by atoms with Crippen LogP contribution in [0.1, 0.15) is 46.0 Å². The molecule has 2 aliphatic carbocycles. The number of carboxylic acid groups (broad SMARTS) is 1. The summed E-state index contributed by atoms with van der Waals surface area (Å²) < 4.78 is 0. The van der Waals surface area contributed by atoms with Crippen molar-refractivity contribution in [2.75, 3.05) is 6.61 Å². The minimum absolute atomic E-state index is 0.0566. The molecule has 2 aliphatic rings. The summed E-state index contributed by atoms with van der Waals surface area (Å²) in [7, 11) is 0. The van der Waals surface area contributed by atoms with Crippen LogP contribution in [-0.4, -0.2) is 33.5 Å². The number of aliphatic carboxylic acids is 1. The van der Waals surface area contributed by atoms with Crippen molar-refractivity contribution in [3.63, 3.8) is 0 Å². The summed E-state index contributed by atoms with van der Waals surface area (Å²) in [5, 5.41) is 28.9. The van der Waals surface area contributed by atoms with Crippen molar-refractivity contribution in [1.29, 1.82) is 0 Å². The molecular formula is C15H24O4. The molecule has 1 saturated carbocycles. The molecule has 0 spiro atoms. The van der Waals surface area contributed by atoms with Crippen LogP contribution >= 0.6 is 0 Å². The number of aliphatic hydroxyl groups is 2.